The minimum Gasteiger partial charge on any atom is -0.310 e. The van der Waals surface area contributed by atoms with Crippen molar-refractivity contribution in [3.63, 3.8) is 0 Å². The molecule has 10 rings (SSSR count). The summed E-state index contributed by atoms with van der Waals surface area (Å²) in [6.45, 7) is 4.34. The minimum absolute atomic E-state index is 1.10. The Labute approximate surface area is 340 Å². The van der Waals surface area contributed by atoms with Crippen LogP contribution in [0, 0.1) is 13.8 Å². The third-order valence-electron chi connectivity index (χ3n) is 11.3. The SMILES string of the molecule is Cc1ccc2c(c1)c1cc(C)ccc1n2-c1ccc(-c2cccc(N(c3ccc(-c4ccccc4)cc3)c3ccc(-c4ccccc4-c4ccccc4)cc3)c2)cc1. The molecule has 2 heteroatoms. The summed E-state index contributed by atoms with van der Waals surface area (Å²) in [5, 5.41) is 2.58. The van der Waals surface area contributed by atoms with E-state index in [9.17, 15) is 0 Å². The molecule has 0 amide bonds. The first-order valence-electron chi connectivity index (χ1n) is 20.0. The van der Waals surface area contributed by atoms with Crippen molar-refractivity contribution < 1.29 is 0 Å². The topological polar surface area (TPSA) is 8.17 Å². The Morgan fingerprint density at radius 3 is 1.31 bits per heavy atom. The molecule has 2 nitrogen and oxygen atoms in total. The van der Waals surface area contributed by atoms with Gasteiger partial charge in [0.1, 0.15) is 0 Å². The van der Waals surface area contributed by atoms with E-state index in [0.29, 0.717) is 0 Å². The van der Waals surface area contributed by atoms with Crippen LogP contribution in [-0.2, 0) is 0 Å². The lowest BCUT2D eigenvalue weighted by Crippen LogP contribution is -2.10. The standard InChI is InChI=1S/C56H42N2/c1-39-20-34-55-53(36-39)54-37-40(2)21-35-56(54)58(55)49-30-24-43(25-31-49)46-16-11-17-50(38-46)57(47-28-22-42(23-29-47)41-12-5-3-6-13-41)48-32-26-45(27-33-48)52-19-10-9-18-51(52)44-14-7-4-8-15-44/h3-38H,1-2H3. The molecule has 0 N–H and O–H groups in total. The van der Waals surface area contributed by atoms with E-state index < -0.39 is 0 Å². The van der Waals surface area contributed by atoms with Crippen molar-refractivity contribution in [2.24, 2.45) is 0 Å². The van der Waals surface area contributed by atoms with Crippen LogP contribution in [0.15, 0.2) is 218 Å². The maximum atomic E-state index is 2.40. The number of nitrogens with zero attached hydrogens (tertiary/aromatic N) is 2. The Bertz CT molecular complexity index is 2970. The largest absolute Gasteiger partial charge is 0.310 e. The highest BCUT2D eigenvalue weighted by molar-refractivity contribution is 6.09. The van der Waals surface area contributed by atoms with Crippen LogP contribution in [0.3, 0.4) is 0 Å². The molecule has 0 fully saturated rings. The first-order valence-corrected chi connectivity index (χ1v) is 20.0. The smallest absolute Gasteiger partial charge is 0.0541 e. The highest BCUT2D eigenvalue weighted by atomic mass is 15.1. The van der Waals surface area contributed by atoms with Gasteiger partial charge in [0, 0.05) is 33.5 Å². The Morgan fingerprint density at radius 2 is 0.741 bits per heavy atom. The van der Waals surface area contributed by atoms with Crippen molar-refractivity contribution in [3.8, 4) is 50.2 Å². The third kappa shape index (κ3) is 6.55. The fourth-order valence-corrected chi connectivity index (χ4v) is 8.43. The zero-order valence-corrected chi connectivity index (χ0v) is 32.7. The average Bonchev–Trinajstić information content (AvgIpc) is 3.60. The highest BCUT2D eigenvalue weighted by Crippen LogP contribution is 2.40. The number of hydrogen-bond acceptors (Lipinski definition) is 1. The van der Waals surface area contributed by atoms with E-state index in [1.54, 1.807) is 0 Å². The number of anilines is 3. The predicted octanol–water partition coefficient (Wildman–Crippen LogP) is 15.5. The minimum atomic E-state index is 1.10. The van der Waals surface area contributed by atoms with E-state index in [-0.39, 0.29) is 0 Å². The summed E-state index contributed by atoms with van der Waals surface area (Å²) in [6, 6.07) is 79.3. The normalized spacial score (nSPS) is 11.3. The van der Waals surface area contributed by atoms with E-state index in [4.69, 9.17) is 0 Å². The molecule has 1 aromatic heterocycles. The van der Waals surface area contributed by atoms with Gasteiger partial charge < -0.3 is 9.47 Å². The van der Waals surface area contributed by atoms with Gasteiger partial charge in [-0.1, -0.05) is 157 Å². The number of rotatable bonds is 8. The van der Waals surface area contributed by atoms with Crippen molar-refractivity contribution in [1.29, 1.82) is 0 Å². The Balaban J connectivity index is 1.03. The Kier molecular flexibility index (Phi) is 9.01. The van der Waals surface area contributed by atoms with Gasteiger partial charge in [-0.15, -0.1) is 0 Å². The molecule has 0 aliphatic carbocycles. The molecule has 0 atom stereocenters. The van der Waals surface area contributed by atoms with Crippen LogP contribution in [0.25, 0.3) is 72.0 Å². The number of benzene rings is 9. The van der Waals surface area contributed by atoms with Gasteiger partial charge in [-0.25, -0.2) is 0 Å². The van der Waals surface area contributed by atoms with Gasteiger partial charge in [-0.3, -0.25) is 0 Å². The molecular formula is C56H42N2. The summed E-state index contributed by atoms with van der Waals surface area (Å²) in [4.78, 5) is 2.36. The summed E-state index contributed by atoms with van der Waals surface area (Å²) < 4.78 is 2.40. The van der Waals surface area contributed by atoms with E-state index in [1.807, 2.05) is 0 Å². The van der Waals surface area contributed by atoms with Crippen molar-refractivity contribution in [3.05, 3.63) is 230 Å². The predicted molar refractivity (Wildman–Crippen MR) is 247 cm³/mol. The second-order valence-corrected chi connectivity index (χ2v) is 15.2. The zero-order chi connectivity index (χ0) is 39.0. The molecule has 0 aliphatic heterocycles. The molecule has 276 valence electrons. The van der Waals surface area contributed by atoms with Crippen LogP contribution in [0.5, 0.6) is 0 Å². The molecule has 0 unspecified atom stereocenters. The number of aromatic nitrogens is 1. The van der Waals surface area contributed by atoms with Gasteiger partial charge in [0.2, 0.25) is 0 Å². The lowest BCUT2D eigenvalue weighted by atomic mass is 9.94. The maximum absolute atomic E-state index is 2.40. The van der Waals surface area contributed by atoms with Crippen molar-refractivity contribution in [2.75, 3.05) is 4.90 Å². The Morgan fingerprint density at radius 1 is 0.310 bits per heavy atom. The summed E-state index contributed by atoms with van der Waals surface area (Å²) in [5.74, 6) is 0. The Hall–Kier alpha value is -7.42. The van der Waals surface area contributed by atoms with E-state index in [2.05, 4.69) is 242 Å². The number of aryl methyl sites for hydroxylation is 2. The summed E-state index contributed by atoms with van der Waals surface area (Å²) in [5.41, 5.74) is 19.0. The molecule has 0 aliphatic rings. The zero-order valence-electron chi connectivity index (χ0n) is 32.7. The molecule has 0 saturated heterocycles. The van der Waals surface area contributed by atoms with Crippen molar-refractivity contribution >= 4 is 38.9 Å². The number of hydrogen-bond donors (Lipinski definition) is 0. The average molecular weight is 743 g/mol. The first kappa shape index (κ1) is 35.0. The van der Waals surface area contributed by atoms with Gasteiger partial charge in [0.05, 0.1) is 11.0 Å². The van der Waals surface area contributed by atoms with E-state index in [0.717, 1.165) is 28.3 Å². The maximum Gasteiger partial charge on any atom is 0.0541 e. The summed E-state index contributed by atoms with van der Waals surface area (Å²) in [7, 11) is 0. The highest BCUT2D eigenvalue weighted by Gasteiger charge is 2.17. The monoisotopic (exact) mass is 742 g/mol. The van der Waals surface area contributed by atoms with Crippen LogP contribution >= 0.6 is 0 Å². The number of fused-ring (bicyclic) bond motifs is 3. The molecule has 0 bridgehead atoms. The molecule has 9 aromatic carbocycles. The van der Waals surface area contributed by atoms with Crippen LogP contribution in [0.2, 0.25) is 0 Å². The first-order chi connectivity index (χ1) is 28.6. The second-order valence-electron chi connectivity index (χ2n) is 15.2. The summed E-state index contributed by atoms with van der Waals surface area (Å²) >= 11 is 0. The van der Waals surface area contributed by atoms with E-state index in [1.165, 1.54) is 71.9 Å². The van der Waals surface area contributed by atoms with Crippen LogP contribution in [0.1, 0.15) is 11.1 Å². The van der Waals surface area contributed by atoms with Crippen LogP contribution in [0.4, 0.5) is 17.1 Å². The van der Waals surface area contributed by atoms with Crippen molar-refractivity contribution in [1.82, 2.24) is 4.57 Å². The van der Waals surface area contributed by atoms with Crippen molar-refractivity contribution in [2.45, 2.75) is 13.8 Å². The fourth-order valence-electron chi connectivity index (χ4n) is 8.43. The van der Waals surface area contributed by atoms with Gasteiger partial charge in [-0.05, 0) is 131 Å². The molecule has 0 saturated carbocycles. The molecule has 10 aromatic rings. The molecule has 1 heterocycles. The van der Waals surface area contributed by atoms with Gasteiger partial charge in [0.15, 0.2) is 0 Å². The van der Waals surface area contributed by atoms with E-state index >= 15 is 0 Å². The molecular weight excluding hydrogens is 701 g/mol. The lowest BCUT2D eigenvalue weighted by Gasteiger charge is -2.26. The molecule has 0 radical (unpaired) electrons. The van der Waals surface area contributed by atoms with Gasteiger partial charge >= 0.3 is 0 Å². The lowest BCUT2D eigenvalue weighted by molar-refractivity contribution is 1.18. The molecule has 58 heavy (non-hydrogen) atoms. The van der Waals surface area contributed by atoms with Crippen LogP contribution in [-0.4, -0.2) is 4.57 Å². The van der Waals surface area contributed by atoms with Gasteiger partial charge in [0.25, 0.3) is 0 Å². The molecule has 0 spiro atoms. The second kappa shape index (κ2) is 14.9. The quantitative estimate of drug-likeness (QED) is 0.150. The van der Waals surface area contributed by atoms with Crippen LogP contribution < -0.4 is 4.90 Å². The van der Waals surface area contributed by atoms with Gasteiger partial charge in [-0.2, -0.15) is 0 Å². The summed E-state index contributed by atoms with van der Waals surface area (Å²) in [6.07, 6.45) is 0. The fraction of sp³-hybridized carbons (Fsp3) is 0.0357. The third-order valence-corrected chi connectivity index (χ3v) is 11.3.